The maximum absolute atomic E-state index is 11.9. The van der Waals surface area contributed by atoms with Crippen molar-refractivity contribution < 1.29 is 4.79 Å². The zero-order valence-electron chi connectivity index (χ0n) is 11.9. The van der Waals surface area contributed by atoms with E-state index >= 15 is 0 Å². The zero-order valence-corrected chi connectivity index (χ0v) is 15.1. The normalized spacial score (nSPS) is 10.0. The topological polar surface area (TPSA) is 32.3 Å². The molecule has 1 heterocycles. The number of hydrogen-bond acceptors (Lipinski definition) is 3. The van der Waals surface area contributed by atoms with Crippen molar-refractivity contribution in [3.05, 3.63) is 56.2 Å². The molecular formula is C15H18BrClN2OS. The van der Waals surface area contributed by atoms with Gasteiger partial charge in [-0.1, -0.05) is 12.1 Å². The molecule has 1 aromatic heterocycles. The maximum atomic E-state index is 11.9. The van der Waals surface area contributed by atoms with E-state index in [4.69, 9.17) is 0 Å². The number of hydrogen-bond donors (Lipinski definition) is 1. The first-order chi connectivity index (χ1) is 9.56. The summed E-state index contributed by atoms with van der Waals surface area (Å²) >= 11 is 5.14. The Morgan fingerprint density at radius 2 is 1.95 bits per heavy atom. The summed E-state index contributed by atoms with van der Waals surface area (Å²) in [6.45, 7) is 1.58. The van der Waals surface area contributed by atoms with Crippen molar-refractivity contribution in [2.75, 3.05) is 14.1 Å². The largest absolute Gasteiger partial charge is 0.345 e. The third kappa shape index (κ3) is 5.43. The van der Waals surface area contributed by atoms with Gasteiger partial charge in [-0.25, -0.2) is 0 Å². The fourth-order valence-corrected chi connectivity index (χ4v) is 3.07. The Morgan fingerprint density at radius 1 is 1.24 bits per heavy atom. The van der Waals surface area contributed by atoms with E-state index in [0.717, 1.165) is 28.0 Å². The van der Waals surface area contributed by atoms with Crippen LogP contribution in [-0.2, 0) is 13.1 Å². The smallest absolute Gasteiger partial charge is 0.253 e. The molecule has 0 saturated heterocycles. The highest BCUT2D eigenvalue weighted by Crippen LogP contribution is 2.20. The van der Waals surface area contributed by atoms with E-state index in [1.54, 1.807) is 30.3 Å². The number of thiophene rings is 1. The SMILES string of the molecule is CN(C)C(=O)c1cccc(CNCc2csc(Br)c2)c1.Cl. The van der Waals surface area contributed by atoms with E-state index in [2.05, 4.69) is 32.7 Å². The molecular weight excluding hydrogens is 372 g/mol. The summed E-state index contributed by atoms with van der Waals surface area (Å²) in [7, 11) is 3.53. The number of benzene rings is 1. The Morgan fingerprint density at radius 3 is 2.57 bits per heavy atom. The van der Waals surface area contributed by atoms with E-state index < -0.39 is 0 Å². The van der Waals surface area contributed by atoms with Crippen molar-refractivity contribution in [1.82, 2.24) is 10.2 Å². The van der Waals surface area contributed by atoms with Crippen LogP contribution in [0.4, 0.5) is 0 Å². The van der Waals surface area contributed by atoms with Crippen molar-refractivity contribution in [2.24, 2.45) is 0 Å². The van der Waals surface area contributed by atoms with Gasteiger partial charge in [0.25, 0.3) is 5.91 Å². The average Bonchev–Trinajstić information content (AvgIpc) is 2.84. The molecule has 114 valence electrons. The van der Waals surface area contributed by atoms with Gasteiger partial charge in [0.15, 0.2) is 0 Å². The molecule has 0 unspecified atom stereocenters. The number of rotatable bonds is 5. The molecule has 21 heavy (non-hydrogen) atoms. The highest BCUT2D eigenvalue weighted by atomic mass is 79.9. The van der Waals surface area contributed by atoms with Crippen molar-refractivity contribution in [3.63, 3.8) is 0 Å². The number of halogens is 2. The van der Waals surface area contributed by atoms with Crippen LogP contribution in [0.2, 0.25) is 0 Å². The molecule has 2 rings (SSSR count). The molecule has 3 nitrogen and oxygen atoms in total. The van der Waals surface area contributed by atoms with Crippen molar-refractivity contribution in [2.45, 2.75) is 13.1 Å². The first-order valence-corrected chi connectivity index (χ1v) is 7.98. The molecule has 0 aliphatic rings. The molecule has 1 N–H and O–H groups in total. The van der Waals surface area contributed by atoms with Crippen molar-refractivity contribution in [1.29, 1.82) is 0 Å². The Hall–Kier alpha value is -0.880. The highest BCUT2D eigenvalue weighted by molar-refractivity contribution is 9.11. The van der Waals surface area contributed by atoms with Crippen LogP contribution >= 0.6 is 39.7 Å². The summed E-state index contributed by atoms with van der Waals surface area (Å²) in [5.74, 6) is 0.0358. The van der Waals surface area contributed by atoms with Gasteiger partial charge in [0.2, 0.25) is 0 Å². The highest BCUT2D eigenvalue weighted by Gasteiger charge is 2.07. The minimum absolute atomic E-state index is 0. The lowest BCUT2D eigenvalue weighted by atomic mass is 10.1. The molecule has 0 bridgehead atoms. The summed E-state index contributed by atoms with van der Waals surface area (Å²) in [6.07, 6.45) is 0. The molecule has 0 atom stereocenters. The lowest BCUT2D eigenvalue weighted by Gasteiger charge is -2.11. The first-order valence-electron chi connectivity index (χ1n) is 6.30. The van der Waals surface area contributed by atoms with E-state index in [9.17, 15) is 4.79 Å². The number of carbonyl (C=O) groups is 1. The second-order valence-electron chi connectivity index (χ2n) is 4.76. The summed E-state index contributed by atoms with van der Waals surface area (Å²) in [5.41, 5.74) is 3.11. The van der Waals surface area contributed by atoms with Crippen molar-refractivity contribution in [3.8, 4) is 0 Å². The third-order valence-electron chi connectivity index (χ3n) is 2.86. The Labute approximate surface area is 143 Å². The van der Waals surface area contributed by atoms with Crippen LogP contribution in [0.1, 0.15) is 21.5 Å². The molecule has 0 aliphatic heterocycles. The van der Waals surface area contributed by atoms with Gasteiger partial charge in [-0.15, -0.1) is 23.7 Å². The van der Waals surface area contributed by atoms with Crippen LogP contribution in [0.5, 0.6) is 0 Å². The molecule has 0 spiro atoms. The number of nitrogens with one attached hydrogen (secondary N) is 1. The summed E-state index contributed by atoms with van der Waals surface area (Å²) in [4.78, 5) is 13.5. The maximum Gasteiger partial charge on any atom is 0.253 e. The third-order valence-corrected chi connectivity index (χ3v) is 4.41. The van der Waals surface area contributed by atoms with E-state index in [0.29, 0.717) is 0 Å². The predicted octanol–water partition coefficient (Wildman–Crippen LogP) is 3.92. The minimum Gasteiger partial charge on any atom is -0.345 e. The average molecular weight is 390 g/mol. The second kappa shape index (κ2) is 8.54. The lowest BCUT2D eigenvalue weighted by Crippen LogP contribution is -2.22. The molecule has 0 aliphatic carbocycles. The second-order valence-corrected chi connectivity index (χ2v) is 7.05. The fourth-order valence-electron chi connectivity index (χ4n) is 1.86. The van der Waals surface area contributed by atoms with Crippen LogP contribution in [0.15, 0.2) is 39.5 Å². The summed E-state index contributed by atoms with van der Waals surface area (Å²) < 4.78 is 1.15. The molecule has 0 saturated carbocycles. The molecule has 6 heteroatoms. The summed E-state index contributed by atoms with van der Waals surface area (Å²) in [6, 6.07) is 9.86. The molecule has 2 aromatic rings. The van der Waals surface area contributed by atoms with Gasteiger partial charge < -0.3 is 10.2 Å². The van der Waals surface area contributed by atoms with Crippen LogP contribution in [-0.4, -0.2) is 24.9 Å². The molecule has 1 aromatic carbocycles. The molecule has 0 fully saturated rings. The van der Waals surface area contributed by atoms with Gasteiger partial charge in [0, 0.05) is 32.7 Å². The van der Waals surface area contributed by atoms with E-state index in [-0.39, 0.29) is 18.3 Å². The first kappa shape index (κ1) is 18.2. The monoisotopic (exact) mass is 388 g/mol. The zero-order chi connectivity index (χ0) is 14.5. The van der Waals surface area contributed by atoms with Gasteiger partial charge in [0.05, 0.1) is 3.79 Å². The van der Waals surface area contributed by atoms with Crippen molar-refractivity contribution >= 4 is 45.6 Å². The minimum atomic E-state index is 0. The summed E-state index contributed by atoms with van der Waals surface area (Å²) in [5, 5.41) is 5.52. The number of amides is 1. The van der Waals surface area contributed by atoms with Crippen LogP contribution < -0.4 is 5.32 Å². The Kier molecular flexibility index (Phi) is 7.39. The quantitative estimate of drug-likeness (QED) is 0.840. The van der Waals surface area contributed by atoms with Crippen LogP contribution in [0.25, 0.3) is 0 Å². The fraction of sp³-hybridized carbons (Fsp3) is 0.267. The van der Waals surface area contributed by atoms with Gasteiger partial charge in [0.1, 0.15) is 0 Å². The number of nitrogens with zero attached hydrogens (tertiary/aromatic N) is 1. The van der Waals surface area contributed by atoms with Crippen LogP contribution in [0, 0.1) is 0 Å². The molecule has 1 amide bonds. The van der Waals surface area contributed by atoms with Gasteiger partial charge >= 0.3 is 0 Å². The van der Waals surface area contributed by atoms with Crippen LogP contribution in [0.3, 0.4) is 0 Å². The predicted molar refractivity (Wildman–Crippen MR) is 94.3 cm³/mol. The lowest BCUT2D eigenvalue weighted by molar-refractivity contribution is 0.0827. The van der Waals surface area contributed by atoms with E-state index in [1.165, 1.54) is 5.56 Å². The Bertz CT molecular complexity index is 601. The standard InChI is InChI=1S/C15H17BrN2OS.ClH/c1-18(2)15(19)13-5-3-4-11(6-13)8-17-9-12-7-14(16)20-10-12;/h3-7,10,17H,8-9H2,1-2H3;1H. The van der Waals surface area contributed by atoms with Gasteiger partial charge in [-0.05, 0) is 50.6 Å². The van der Waals surface area contributed by atoms with Gasteiger partial charge in [-0.2, -0.15) is 0 Å². The molecule has 0 radical (unpaired) electrons. The van der Waals surface area contributed by atoms with E-state index in [1.807, 2.05) is 24.3 Å². The Balaban J connectivity index is 0.00000220. The number of carbonyl (C=O) groups excluding carboxylic acids is 1. The van der Waals surface area contributed by atoms with Gasteiger partial charge in [-0.3, -0.25) is 4.79 Å².